The van der Waals surface area contributed by atoms with E-state index < -0.39 is 14.4 Å². The molecule has 1 aromatic carbocycles. The van der Waals surface area contributed by atoms with Gasteiger partial charge < -0.3 is 19.0 Å². The summed E-state index contributed by atoms with van der Waals surface area (Å²) in [4.78, 5) is 0. The van der Waals surface area contributed by atoms with Gasteiger partial charge in [-0.05, 0) is 66.1 Å². The Bertz CT molecular complexity index is 675. The Labute approximate surface area is 204 Å². The molecule has 1 aromatic rings. The van der Waals surface area contributed by atoms with Crippen LogP contribution in [0.15, 0.2) is 35.9 Å². The van der Waals surface area contributed by atoms with Gasteiger partial charge in [-0.15, -0.1) is 0 Å². The SMILES string of the molecule is CC[C@H](/C=C(\C)[C@@H](O)C[C@H](C)OCc1ccc(OC)cc1)CO[Si](C(C)C)(C(C)C)C(C)C. The summed E-state index contributed by atoms with van der Waals surface area (Å²) < 4.78 is 18.0. The number of rotatable bonds is 15. The van der Waals surface area contributed by atoms with Gasteiger partial charge >= 0.3 is 0 Å². The second-order valence-electron chi connectivity index (χ2n) is 10.4. The van der Waals surface area contributed by atoms with E-state index in [1.165, 1.54) is 0 Å². The van der Waals surface area contributed by atoms with Gasteiger partial charge in [0.25, 0.3) is 0 Å². The molecule has 0 aromatic heterocycles. The molecule has 4 nitrogen and oxygen atoms in total. The lowest BCUT2D eigenvalue weighted by atomic mass is 9.99. The van der Waals surface area contributed by atoms with Crippen molar-refractivity contribution in [3.8, 4) is 5.75 Å². The Morgan fingerprint density at radius 3 is 1.97 bits per heavy atom. The van der Waals surface area contributed by atoms with Crippen LogP contribution in [0.2, 0.25) is 16.6 Å². The molecule has 1 rings (SSSR count). The summed E-state index contributed by atoms with van der Waals surface area (Å²) in [5.41, 5.74) is 3.84. The molecule has 5 heteroatoms. The first kappa shape index (κ1) is 29.9. The van der Waals surface area contributed by atoms with E-state index in [4.69, 9.17) is 13.9 Å². The summed E-state index contributed by atoms with van der Waals surface area (Å²) >= 11 is 0. The quantitative estimate of drug-likeness (QED) is 0.209. The number of methoxy groups -OCH3 is 1. The van der Waals surface area contributed by atoms with Gasteiger partial charge in [-0.3, -0.25) is 0 Å². The molecule has 0 amide bonds. The summed E-state index contributed by atoms with van der Waals surface area (Å²) in [6, 6.07) is 7.89. The maximum atomic E-state index is 10.8. The molecule has 1 N–H and O–H groups in total. The molecular weight excluding hydrogens is 428 g/mol. The van der Waals surface area contributed by atoms with Crippen LogP contribution < -0.4 is 4.74 Å². The van der Waals surface area contributed by atoms with E-state index in [0.29, 0.717) is 35.6 Å². The third-order valence-corrected chi connectivity index (χ3v) is 13.1. The van der Waals surface area contributed by atoms with E-state index in [1.54, 1.807) is 7.11 Å². The van der Waals surface area contributed by atoms with Crippen molar-refractivity contribution < 1.29 is 19.0 Å². The molecular formula is C28H50O4Si. The van der Waals surface area contributed by atoms with Crippen molar-refractivity contribution in [2.45, 2.75) is 111 Å². The Hall–Kier alpha value is -1.14. The monoisotopic (exact) mass is 478 g/mol. The van der Waals surface area contributed by atoms with Crippen LogP contribution in [0.4, 0.5) is 0 Å². The van der Waals surface area contributed by atoms with Crippen molar-refractivity contribution in [1.29, 1.82) is 0 Å². The first-order valence-electron chi connectivity index (χ1n) is 12.7. The van der Waals surface area contributed by atoms with Gasteiger partial charge in [-0.25, -0.2) is 0 Å². The van der Waals surface area contributed by atoms with Gasteiger partial charge in [0.05, 0.1) is 25.9 Å². The predicted molar refractivity (Wildman–Crippen MR) is 142 cm³/mol. The van der Waals surface area contributed by atoms with E-state index in [1.807, 2.05) is 38.1 Å². The summed E-state index contributed by atoms with van der Waals surface area (Å²) in [6.07, 6.45) is 3.27. The number of aliphatic hydroxyl groups is 1. The molecule has 0 saturated heterocycles. The number of aliphatic hydroxyl groups excluding tert-OH is 1. The number of benzene rings is 1. The normalized spacial score (nSPS) is 15.9. The summed E-state index contributed by atoms with van der Waals surface area (Å²) in [6.45, 7) is 21.5. The number of hydrogen-bond acceptors (Lipinski definition) is 4. The van der Waals surface area contributed by atoms with Crippen molar-refractivity contribution in [2.24, 2.45) is 5.92 Å². The molecule has 0 bridgehead atoms. The third-order valence-electron chi connectivity index (χ3n) is 7.05. The van der Waals surface area contributed by atoms with Gasteiger partial charge in [0.1, 0.15) is 5.75 Å². The molecule has 3 atom stereocenters. The minimum Gasteiger partial charge on any atom is -0.497 e. The van der Waals surface area contributed by atoms with Gasteiger partial charge in [0.15, 0.2) is 8.32 Å². The highest BCUT2D eigenvalue weighted by Crippen LogP contribution is 2.42. The fraction of sp³-hybridized carbons (Fsp3) is 0.714. The van der Waals surface area contributed by atoms with E-state index in [2.05, 4.69) is 54.5 Å². The van der Waals surface area contributed by atoms with E-state index >= 15 is 0 Å². The first-order valence-corrected chi connectivity index (χ1v) is 14.9. The van der Waals surface area contributed by atoms with Crippen molar-refractivity contribution in [1.82, 2.24) is 0 Å². The average molecular weight is 479 g/mol. The maximum Gasteiger partial charge on any atom is 0.200 e. The second-order valence-corrected chi connectivity index (χ2v) is 15.9. The topological polar surface area (TPSA) is 47.9 Å². The van der Waals surface area contributed by atoms with Crippen molar-refractivity contribution >= 4 is 8.32 Å². The molecule has 0 radical (unpaired) electrons. The minimum absolute atomic E-state index is 0.0374. The van der Waals surface area contributed by atoms with Crippen molar-refractivity contribution in [2.75, 3.05) is 13.7 Å². The molecule has 0 aliphatic carbocycles. The van der Waals surface area contributed by atoms with Crippen molar-refractivity contribution in [3.63, 3.8) is 0 Å². The molecule has 0 saturated carbocycles. The van der Waals surface area contributed by atoms with Gasteiger partial charge in [-0.2, -0.15) is 0 Å². The lowest BCUT2D eigenvalue weighted by Crippen LogP contribution is -2.48. The number of ether oxygens (including phenoxy) is 2. The van der Waals surface area contributed by atoms with E-state index in [0.717, 1.165) is 29.9 Å². The number of hydrogen-bond donors (Lipinski definition) is 1. The van der Waals surface area contributed by atoms with E-state index in [9.17, 15) is 5.11 Å². The summed E-state index contributed by atoms with van der Waals surface area (Å²) in [5.74, 6) is 1.16. The van der Waals surface area contributed by atoms with Crippen LogP contribution in [0.3, 0.4) is 0 Å². The highest BCUT2D eigenvalue weighted by Gasteiger charge is 2.45. The van der Waals surface area contributed by atoms with Crippen LogP contribution in [-0.2, 0) is 15.8 Å². The summed E-state index contributed by atoms with van der Waals surface area (Å²) in [5, 5.41) is 10.8. The zero-order valence-corrected chi connectivity index (χ0v) is 23.9. The van der Waals surface area contributed by atoms with Crippen LogP contribution in [0, 0.1) is 5.92 Å². The second kappa shape index (κ2) is 14.3. The molecule has 190 valence electrons. The highest BCUT2D eigenvalue weighted by atomic mass is 28.4. The smallest absolute Gasteiger partial charge is 0.200 e. The fourth-order valence-corrected chi connectivity index (χ4v) is 10.5. The lowest BCUT2D eigenvalue weighted by Gasteiger charge is -2.42. The zero-order chi connectivity index (χ0) is 25.2. The molecule has 0 spiro atoms. The predicted octanol–water partition coefficient (Wildman–Crippen LogP) is 7.52. The minimum atomic E-state index is -1.88. The molecule has 0 unspecified atom stereocenters. The van der Waals surface area contributed by atoms with Gasteiger partial charge in [0, 0.05) is 13.0 Å². The van der Waals surface area contributed by atoms with Crippen LogP contribution in [0.1, 0.15) is 80.7 Å². The van der Waals surface area contributed by atoms with Crippen LogP contribution in [-0.4, -0.2) is 39.3 Å². The van der Waals surface area contributed by atoms with E-state index in [-0.39, 0.29) is 6.10 Å². The van der Waals surface area contributed by atoms with Crippen LogP contribution in [0.25, 0.3) is 0 Å². The Morgan fingerprint density at radius 2 is 1.52 bits per heavy atom. The summed E-state index contributed by atoms with van der Waals surface area (Å²) in [7, 11) is -0.216. The maximum absolute atomic E-state index is 10.8. The first-order chi connectivity index (χ1) is 15.5. The van der Waals surface area contributed by atoms with Crippen molar-refractivity contribution in [3.05, 3.63) is 41.5 Å². The molecule has 0 aliphatic rings. The lowest BCUT2D eigenvalue weighted by molar-refractivity contribution is 0.0224. The average Bonchev–Trinajstić information content (AvgIpc) is 2.76. The Kier molecular flexibility index (Phi) is 13.0. The largest absolute Gasteiger partial charge is 0.497 e. The third kappa shape index (κ3) is 8.86. The van der Waals surface area contributed by atoms with Gasteiger partial charge in [-0.1, -0.05) is 66.7 Å². The Balaban J connectivity index is 2.68. The molecule has 0 aliphatic heterocycles. The standard InChI is InChI=1S/C28H50O4Si/c1-11-25(19-32-33(20(2)3,21(4)5)22(6)7)16-23(8)28(29)17-24(9)31-18-26-12-14-27(30-10)15-13-26/h12-16,20-22,24-25,28-29H,11,17-19H2,1-10H3/b23-16+/t24-,25+,28-/m0/s1. The zero-order valence-electron chi connectivity index (χ0n) is 22.9. The highest BCUT2D eigenvalue weighted by molar-refractivity contribution is 6.77. The van der Waals surface area contributed by atoms with Gasteiger partial charge in [0.2, 0.25) is 0 Å². The molecule has 33 heavy (non-hydrogen) atoms. The molecule has 0 heterocycles. The Morgan fingerprint density at radius 1 is 0.970 bits per heavy atom. The van der Waals surface area contributed by atoms with Crippen LogP contribution in [0.5, 0.6) is 5.75 Å². The van der Waals surface area contributed by atoms with Crippen LogP contribution >= 0.6 is 0 Å². The molecule has 0 fully saturated rings. The fourth-order valence-electron chi connectivity index (χ4n) is 5.05.